The van der Waals surface area contributed by atoms with Crippen molar-refractivity contribution >= 4 is 40.2 Å². The monoisotopic (exact) mass is 540 g/mol. The van der Waals surface area contributed by atoms with Crippen LogP contribution in [0, 0.1) is 11.6 Å². The number of halogens is 3. The van der Waals surface area contributed by atoms with Gasteiger partial charge < -0.3 is 19.8 Å². The normalized spacial score (nSPS) is 18.4. The number of benzene rings is 2. The summed E-state index contributed by atoms with van der Waals surface area (Å²) < 4.78 is 31.0. The fourth-order valence-electron chi connectivity index (χ4n) is 5.36. The lowest BCUT2D eigenvalue weighted by molar-refractivity contribution is -0.126. The van der Waals surface area contributed by atoms with Crippen LogP contribution in [0.1, 0.15) is 6.42 Å². The number of carbonyl (C=O) groups is 1. The molecule has 6 rings (SSSR count). The molecular weight excluding hydrogens is 514 g/mol. The standard InChI is InChI=1S/C27H27ClF2N6O2/c1-2-21(38)34-9-11-35(12-10-34)26-17-13-18(28)22(23-19(29)5-3-6-20(23)37)24(30)25(17)31-27(32-26)36-14-16(15-36)33-7-4-8-33/h2-3,5-6,13,16,37H,1,4,7-12,14-15H2. The van der Waals surface area contributed by atoms with E-state index in [4.69, 9.17) is 16.6 Å². The van der Waals surface area contributed by atoms with Crippen LogP contribution >= 0.6 is 11.6 Å². The minimum atomic E-state index is -0.821. The molecule has 1 N–H and O–H groups in total. The zero-order valence-corrected chi connectivity index (χ0v) is 21.5. The molecule has 0 spiro atoms. The summed E-state index contributed by atoms with van der Waals surface area (Å²) in [6.45, 7) is 9.09. The lowest BCUT2D eigenvalue weighted by Crippen LogP contribution is -2.63. The summed E-state index contributed by atoms with van der Waals surface area (Å²) in [4.78, 5) is 29.6. The van der Waals surface area contributed by atoms with Crippen LogP contribution in [-0.2, 0) is 4.79 Å². The Kier molecular flexibility index (Phi) is 6.31. The van der Waals surface area contributed by atoms with Crippen LogP contribution in [-0.4, -0.2) is 89.2 Å². The van der Waals surface area contributed by atoms with Gasteiger partial charge in [-0.1, -0.05) is 24.2 Å². The van der Waals surface area contributed by atoms with Crippen molar-refractivity contribution in [2.24, 2.45) is 0 Å². The van der Waals surface area contributed by atoms with Gasteiger partial charge in [-0.2, -0.15) is 4.98 Å². The van der Waals surface area contributed by atoms with Crippen molar-refractivity contribution < 1.29 is 18.7 Å². The van der Waals surface area contributed by atoms with Crippen molar-refractivity contribution in [1.29, 1.82) is 0 Å². The van der Waals surface area contributed by atoms with E-state index in [0.29, 0.717) is 49.4 Å². The van der Waals surface area contributed by atoms with E-state index in [2.05, 4.69) is 16.5 Å². The fourth-order valence-corrected chi connectivity index (χ4v) is 5.65. The number of nitrogens with zero attached hydrogens (tertiary/aromatic N) is 6. The van der Waals surface area contributed by atoms with E-state index in [1.807, 2.05) is 9.80 Å². The average Bonchev–Trinajstić information content (AvgIpc) is 2.85. The summed E-state index contributed by atoms with van der Waals surface area (Å²) in [5.74, 6) is -1.27. The highest BCUT2D eigenvalue weighted by molar-refractivity contribution is 6.34. The minimum absolute atomic E-state index is 0.00375. The fraction of sp³-hybridized carbons (Fsp3) is 0.370. The molecule has 11 heteroatoms. The quantitative estimate of drug-likeness (QED) is 0.495. The van der Waals surface area contributed by atoms with E-state index in [1.165, 1.54) is 30.7 Å². The Morgan fingerprint density at radius 2 is 1.79 bits per heavy atom. The van der Waals surface area contributed by atoms with Crippen molar-refractivity contribution in [3.05, 3.63) is 53.6 Å². The maximum atomic E-state index is 16.2. The Labute approximate surface area is 223 Å². The number of phenolic OH excluding ortho intramolecular Hbond substituents is 1. The van der Waals surface area contributed by atoms with Gasteiger partial charge in [-0.25, -0.2) is 13.8 Å². The number of hydrogen-bond acceptors (Lipinski definition) is 7. The van der Waals surface area contributed by atoms with E-state index in [-0.39, 0.29) is 27.6 Å². The molecule has 4 heterocycles. The number of fused-ring (bicyclic) bond motifs is 1. The van der Waals surface area contributed by atoms with Crippen molar-refractivity contribution in [1.82, 2.24) is 19.8 Å². The third kappa shape index (κ3) is 4.12. The molecule has 3 fully saturated rings. The molecule has 0 aliphatic carbocycles. The number of likely N-dealkylation sites (tertiary alicyclic amines) is 1. The molecule has 1 aromatic heterocycles. The Balaban J connectivity index is 1.44. The van der Waals surface area contributed by atoms with Crippen molar-refractivity contribution in [2.45, 2.75) is 12.5 Å². The molecule has 3 aliphatic rings. The molecule has 3 aromatic rings. The first-order chi connectivity index (χ1) is 18.4. The largest absolute Gasteiger partial charge is 0.507 e. The van der Waals surface area contributed by atoms with E-state index >= 15 is 4.39 Å². The van der Waals surface area contributed by atoms with Crippen LogP contribution in [0.4, 0.5) is 20.5 Å². The second-order valence-electron chi connectivity index (χ2n) is 9.89. The summed E-state index contributed by atoms with van der Waals surface area (Å²) in [5, 5.41) is 10.7. The SMILES string of the molecule is C=CC(=O)N1CCN(c2nc(N3CC(N4CCC4)C3)nc3c(F)c(-c4c(O)cccc4F)c(Cl)cc23)CC1. The Morgan fingerprint density at radius 1 is 1.05 bits per heavy atom. The summed E-state index contributed by atoms with van der Waals surface area (Å²) in [7, 11) is 0. The van der Waals surface area contributed by atoms with E-state index in [0.717, 1.165) is 32.2 Å². The molecule has 8 nitrogen and oxygen atoms in total. The highest BCUT2D eigenvalue weighted by atomic mass is 35.5. The van der Waals surface area contributed by atoms with Gasteiger partial charge in [-0.15, -0.1) is 0 Å². The van der Waals surface area contributed by atoms with Crippen LogP contribution < -0.4 is 9.80 Å². The third-order valence-corrected chi connectivity index (χ3v) is 8.01. The van der Waals surface area contributed by atoms with Gasteiger partial charge in [0.2, 0.25) is 11.9 Å². The average molecular weight is 541 g/mol. The first-order valence-electron chi connectivity index (χ1n) is 12.7. The van der Waals surface area contributed by atoms with Crippen molar-refractivity contribution in [3.63, 3.8) is 0 Å². The molecule has 38 heavy (non-hydrogen) atoms. The van der Waals surface area contributed by atoms with Gasteiger partial charge in [0.25, 0.3) is 0 Å². The molecule has 0 saturated carbocycles. The first kappa shape index (κ1) is 24.8. The van der Waals surface area contributed by atoms with Gasteiger partial charge in [-0.05, 0) is 43.8 Å². The van der Waals surface area contributed by atoms with E-state index in [9.17, 15) is 14.3 Å². The molecular formula is C27H27ClF2N6O2. The number of rotatable bonds is 5. The lowest BCUT2D eigenvalue weighted by Gasteiger charge is -2.49. The molecule has 0 bridgehead atoms. The van der Waals surface area contributed by atoms with Crippen LogP contribution in [0.2, 0.25) is 5.02 Å². The van der Waals surface area contributed by atoms with Crippen molar-refractivity contribution in [3.8, 4) is 16.9 Å². The van der Waals surface area contributed by atoms with Crippen LogP contribution in [0.25, 0.3) is 22.0 Å². The maximum absolute atomic E-state index is 16.2. The van der Waals surface area contributed by atoms with Gasteiger partial charge >= 0.3 is 0 Å². The molecule has 3 aliphatic heterocycles. The molecule has 0 radical (unpaired) electrons. The zero-order chi connectivity index (χ0) is 26.6. The molecule has 2 aromatic carbocycles. The molecule has 3 saturated heterocycles. The van der Waals surface area contributed by atoms with E-state index in [1.54, 1.807) is 4.90 Å². The summed E-state index contributed by atoms with van der Waals surface area (Å²) in [6.07, 6.45) is 2.49. The van der Waals surface area contributed by atoms with Crippen LogP contribution in [0.5, 0.6) is 5.75 Å². The number of hydrogen-bond donors (Lipinski definition) is 1. The number of phenols is 1. The summed E-state index contributed by atoms with van der Waals surface area (Å²) >= 11 is 6.53. The highest BCUT2D eigenvalue weighted by Gasteiger charge is 2.37. The first-order valence-corrected chi connectivity index (χ1v) is 13.1. The summed E-state index contributed by atoms with van der Waals surface area (Å²) in [5.41, 5.74) is -0.546. The van der Waals surface area contributed by atoms with Gasteiger partial charge in [0.1, 0.15) is 22.9 Å². The second-order valence-corrected chi connectivity index (χ2v) is 10.3. The molecule has 198 valence electrons. The zero-order valence-electron chi connectivity index (χ0n) is 20.7. The van der Waals surface area contributed by atoms with Gasteiger partial charge in [0.15, 0.2) is 5.82 Å². The Morgan fingerprint density at radius 3 is 2.42 bits per heavy atom. The van der Waals surface area contributed by atoms with Gasteiger partial charge in [0, 0.05) is 56.3 Å². The number of piperazine rings is 1. The number of aromatic nitrogens is 2. The lowest BCUT2D eigenvalue weighted by atomic mass is 10.0. The molecule has 0 unspecified atom stereocenters. The van der Waals surface area contributed by atoms with Crippen LogP contribution in [0.3, 0.4) is 0 Å². The predicted octanol–water partition coefficient (Wildman–Crippen LogP) is 3.66. The Hall–Kier alpha value is -3.50. The van der Waals surface area contributed by atoms with Gasteiger partial charge in [0.05, 0.1) is 10.6 Å². The maximum Gasteiger partial charge on any atom is 0.246 e. The molecule has 1 amide bonds. The second kappa shape index (κ2) is 9.67. The number of anilines is 2. The molecule has 0 atom stereocenters. The van der Waals surface area contributed by atoms with Gasteiger partial charge in [-0.3, -0.25) is 9.69 Å². The number of carbonyl (C=O) groups excluding carboxylic acids is 1. The Bertz CT molecular complexity index is 1410. The minimum Gasteiger partial charge on any atom is -0.507 e. The predicted molar refractivity (Wildman–Crippen MR) is 143 cm³/mol. The van der Waals surface area contributed by atoms with E-state index < -0.39 is 17.4 Å². The summed E-state index contributed by atoms with van der Waals surface area (Å²) in [6, 6.07) is 5.72. The number of aromatic hydroxyl groups is 1. The topological polar surface area (TPSA) is 76.0 Å². The van der Waals surface area contributed by atoms with Crippen molar-refractivity contribution in [2.75, 3.05) is 62.2 Å². The highest BCUT2D eigenvalue weighted by Crippen LogP contribution is 2.43. The number of amides is 1. The smallest absolute Gasteiger partial charge is 0.246 e. The third-order valence-electron chi connectivity index (χ3n) is 7.71. The van der Waals surface area contributed by atoms with Crippen LogP contribution in [0.15, 0.2) is 36.9 Å².